The van der Waals surface area contributed by atoms with Crippen LogP contribution in [-0.2, 0) is 0 Å². The molecule has 0 bridgehead atoms. The van der Waals surface area contributed by atoms with E-state index in [2.05, 4.69) is 5.32 Å². The summed E-state index contributed by atoms with van der Waals surface area (Å²) >= 11 is 0. The van der Waals surface area contributed by atoms with Crippen LogP contribution in [0.4, 0.5) is 0 Å². The van der Waals surface area contributed by atoms with Crippen molar-refractivity contribution in [3.05, 3.63) is 54.0 Å². The molecule has 0 saturated carbocycles. The molecule has 0 unspecified atom stereocenters. The molecule has 1 aromatic heterocycles. The Hall–Kier alpha value is -2.23. The van der Waals surface area contributed by atoms with Crippen LogP contribution in [0.3, 0.4) is 0 Å². The third kappa shape index (κ3) is 3.37. The van der Waals surface area contributed by atoms with Crippen LogP contribution in [-0.4, -0.2) is 12.5 Å². The summed E-state index contributed by atoms with van der Waals surface area (Å²) < 4.78 is 10.4. The lowest BCUT2D eigenvalue weighted by atomic mass is 10.1. The van der Waals surface area contributed by atoms with Crippen molar-refractivity contribution >= 4 is 5.91 Å². The topological polar surface area (TPSA) is 51.5 Å². The van der Waals surface area contributed by atoms with Crippen molar-refractivity contribution in [1.29, 1.82) is 0 Å². The fourth-order valence-electron chi connectivity index (χ4n) is 1.78. The zero-order valence-electron chi connectivity index (χ0n) is 11.1. The highest BCUT2D eigenvalue weighted by Gasteiger charge is 2.13. The van der Waals surface area contributed by atoms with Gasteiger partial charge >= 0.3 is 0 Å². The lowest BCUT2D eigenvalue weighted by molar-refractivity contribution is 0.0912. The Morgan fingerprint density at radius 2 is 2.05 bits per heavy atom. The second-order valence-corrected chi connectivity index (χ2v) is 4.17. The van der Waals surface area contributed by atoms with Crippen molar-refractivity contribution < 1.29 is 13.9 Å². The summed E-state index contributed by atoms with van der Waals surface area (Å²) in [6.07, 6.45) is 1.48. The highest BCUT2D eigenvalue weighted by molar-refractivity contribution is 5.91. The maximum atomic E-state index is 11.8. The smallest absolute Gasteiger partial charge is 0.287 e. The van der Waals surface area contributed by atoms with Crippen molar-refractivity contribution in [1.82, 2.24) is 5.32 Å². The molecule has 0 saturated heterocycles. The van der Waals surface area contributed by atoms with Crippen molar-refractivity contribution in [3.63, 3.8) is 0 Å². The van der Waals surface area contributed by atoms with Crippen LogP contribution in [0.15, 0.2) is 47.1 Å². The summed E-state index contributed by atoms with van der Waals surface area (Å²) in [4.78, 5) is 11.8. The number of carbonyl (C=O) groups excluding carboxylic acids is 1. The van der Waals surface area contributed by atoms with Crippen LogP contribution in [0.5, 0.6) is 5.75 Å². The summed E-state index contributed by atoms with van der Waals surface area (Å²) in [6, 6.07) is 10.9. The minimum Gasteiger partial charge on any atom is -0.494 e. The first kappa shape index (κ1) is 13.2. The maximum Gasteiger partial charge on any atom is 0.287 e. The quantitative estimate of drug-likeness (QED) is 0.897. The summed E-state index contributed by atoms with van der Waals surface area (Å²) in [5.41, 5.74) is 1.02. The molecule has 19 heavy (non-hydrogen) atoms. The Balaban J connectivity index is 1.99. The van der Waals surface area contributed by atoms with Gasteiger partial charge in [0.2, 0.25) is 0 Å². The monoisotopic (exact) mass is 259 g/mol. The van der Waals surface area contributed by atoms with E-state index < -0.39 is 0 Å². The van der Waals surface area contributed by atoms with Crippen LogP contribution < -0.4 is 10.1 Å². The van der Waals surface area contributed by atoms with Crippen LogP contribution in [0.2, 0.25) is 0 Å². The van der Waals surface area contributed by atoms with Gasteiger partial charge in [0.1, 0.15) is 5.75 Å². The summed E-state index contributed by atoms with van der Waals surface area (Å²) in [5, 5.41) is 2.88. The molecule has 2 rings (SSSR count). The van der Waals surface area contributed by atoms with Crippen LogP contribution in [0, 0.1) is 0 Å². The molecule has 1 heterocycles. The summed E-state index contributed by atoms with van der Waals surface area (Å²) in [7, 11) is 0. The van der Waals surface area contributed by atoms with Gasteiger partial charge in [-0.2, -0.15) is 0 Å². The van der Waals surface area contributed by atoms with Crippen LogP contribution in [0.1, 0.15) is 36.0 Å². The molecule has 1 N–H and O–H groups in total. The molecule has 0 aliphatic carbocycles. The fourth-order valence-corrected chi connectivity index (χ4v) is 1.78. The van der Waals surface area contributed by atoms with Crippen molar-refractivity contribution in [2.24, 2.45) is 0 Å². The molecular weight excluding hydrogens is 242 g/mol. The first-order valence-electron chi connectivity index (χ1n) is 6.28. The summed E-state index contributed by atoms with van der Waals surface area (Å²) in [5.74, 6) is 0.931. The Labute approximate surface area is 112 Å². The van der Waals surface area contributed by atoms with Gasteiger partial charge in [-0.05, 0) is 43.7 Å². The van der Waals surface area contributed by atoms with Gasteiger partial charge in [0.05, 0.1) is 18.9 Å². The molecule has 100 valence electrons. The molecule has 1 aromatic carbocycles. The van der Waals surface area contributed by atoms with Gasteiger partial charge in [0, 0.05) is 0 Å². The van der Waals surface area contributed by atoms with E-state index in [0.717, 1.165) is 11.3 Å². The van der Waals surface area contributed by atoms with Gasteiger partial charge in [0.15, 0.2) is 5.76 Å². The molecule has 4 nitrogen and oxygen atoms in total. The van der Waals surface area contributed by atoms with Crippen molar-refractivity contribution in [2.45, 2.75) is 19.9 Å². The van der Waals surface area contributed by atoms with Gasteiger partial charge in [-0.3, -0.25) is 4.79 Å². The Morgan fingerprint density at radius 3 is 2.63 bits per heavy atom. The minimum atomic E-state index is -0.216. The van der Waals surface area contributed by atoms with E-state index in [9.17, 15) is 4.79 Å². The fraction of sp³-hybridized carbons (Fsp3) is 0.267. The van der Waals surface area contributed by atoms with Crippen LogP contribution in [0.25, 0.3) is 0 Å². The third-order valence-corrected chi connectivity index (χ3v) is 2.78. The largest absolute Gasteiger partial charge is 0.494 e. The zero-order chi connectivity index (χ0) is 13.7. The number of benzene rings is 1. The predicted molar refractivity (Wildman–Crippen MR) is 72.2 cm³/mol. The number of furan rings is 1. The highest BCUT2D eigenvalue weighted by atomic mass is 16.5. The normalized spacial score (nSPS) is 11.9. The van der Waals surface area contributed by atoms with Gasteiger partial charge in [-0.25, -0.2) is 0 Å². The molecule has 0 aliphatic rings. The van der Waals surface area contributed by atoms with E-state index in [1.807, 2.05) is 38.1 Å². The van der Waals surface area contributed by atoms with Crippen molar-refractivity contribution in [2.75, 3.05) is 6.61 Å². The number of amides is 1. The van der Waals surface area contributed by atoms with Gasteiger partial charge in [0.25, 0.3) is 5.91 Å². The first-order valence-corrected chi connectivity index (χ1v) is 6.28. The average Bonchev–Trinajstić information content (AvgIpc) is 2.94. The van der Waals surface area contributed by atoms with E-state index >= 15 is 0 Å². The third-order valence-electron chi connectivity index (χ3n) is 2.78. The van der Waals surface area contributed by atoms with Crippen molar-refractivity contribution in [3.8, 4) is 5.75 Å². The first-order chi connectivity index (χ1) is 9.20. The van der Waals surface area contributed by atoms with E-state index in [0.29, 0.717) is 12.4 Å². The van der Waals surface area contributed by atoms with E-state index in [4.69, 9.17) is 9.15 Å². The average molecular weight is 259 g/mol. The molecule has 1 atom stereocenters. The lowest BCUT2D eigenvalue weighted by Gasteiger charge is -2.14. The van der Waals surface area contributed by atoms with Gasteiger partial charge in [-0.1, -0.05) is 12.1 Å². The summed E-state index contributed by atoms with van der Waals surface area (Å²) in [6.45, 7) is 4.51. The molecule has 1 amide bonds. The predicted octanol–water partition coefficient (Wildman–Crippen LogP) is 3.17. The molecule has 4 heteroatoms. The standard InChI is InChI=1S/C15H17NO3/c1-3-18-13-8-6-12(7-9-13)11(2)16-15(17)14-5-4-10-19-14/h4-11H,3H2,1-2H3,(H,16,17)/t11-/m0/s1. The second kappa shape index (κ2) is 6.09. The number of rotatable bonds is 5. The number of nitrogens with one attached hydrogen (secondary N) is 1. The second-order valence-electron chi connectivity index (χ2n) is 4.17. The molecule has 0 aliphatic heterocycles. The molecule has 0 fully saturated rings. The SMILES string of the molecule is CCOc1ccc([C@H](C)NC(=O)c2ccco2)cc1. The number of hydrogen-bond acceptors (Lipinski definition) is 3. The Bertz CT molecular complexity index is 517. The van der Waals surface area contributed by atoms with Gasteiger partial charge < -0.3 is 14.5 Å². The van der Waals surface area contributed by atoms with E-state index in [1.54, 1.807) is 12.1 Å². The molecular formula is C15H17NO3. The zero-order valence-corrected chi connectivity index (χ0v) is 11.1. The molecule has 2 aromatic rings. The number of ether oxygens (including phenoxy) is 1. The molecule has 0 radical (unpaired) electrons. The van der Waals surface area contributed by atoms with Gasteiger partial charge in [-0.15, -0.1) is 0 Å². The molecule has 0 spiro atoms. The van der Waals surface area contributed by atoms with E-state index in [-0.39, 0.29) is 11.9 Å². The lowest BCUT2D eigenvalue weighted by Crippen LogP contribution is -2.26. The van der Waals surface area contributed by atoms with E-state index in [1.165, 1.54) is 6.26 Å². The number of hydrogen-bond donors (Lipinski definition) is 1. The Morgan fingerprint density at radius 1 is 1.32 bits per heavy atom. The Kier molecular flexibility index (Phi) is 4.23. The highest BCUT2D eigenvalue weighted by Crippen LogP contribution is 2.18. The minimum absolute atomic E-state index is 0.0896. The van der Waals surface area contributed by atoms with Crippen LogP contribution >= 0.6 is 0 Å². The maximum absolute atomic E-state index is 11.8. The number of carbonyl (C=O) groups is 1.